The van der Waals surface area contributed by atoms with Crippen molar-refractivity contribution in [1.29, 1.82) is 0 Å². The first-order valence-corrected chi connectivity index (χ1v) is 6.00. The normalized spacial score (nSPS) is 10.1. The lowest BCUT2D eigenvalue weighted by molar-refractivity contribution is 0.0697. The van der Waals surface area contributed by atoms with Gasteiger partial charge < -0.3 is 9.84 Å². The topological polar surface area (TPSA) is 59.4 Å². The van der Waals surface area contributed by atoms with Crippen LogP contribution in [0.3, 0.4) is 0 Å². The molecule has 0 saturated heterocycles. The molecular weight excluding hydrogens is 298 g/mol. The molecule has 0 saturated carbocycles. The fourth-order valence-corrected chi connectivity index (χ4v) is 1.81. The second kappa shape index (κ2) is 5.64. The van der Waals surface area contributed by atoms with Gasteiger partial charge in [-0.2, -0.15) is 0 Å². The molecule has 0 unspecified atom stereocenters. The SMILES string of the molecule is O=C(O)c1ccc(OCc2cncc(Br)c2)cc1. The number of pyridine rings is 1. The third-order valence-electron chi connectivity index (χ3n) is 2.27. The van der Waals surface area contributed by atoms with Gasteiger partial charge in [-0.1, -0.05) is 0 Å². The van der Waals surface area contributed by atoms with E-state index in [-0.39, 0.29) is 5.56 Å². The first kappa shape index (κ1) is 12.6. The van der Waals surface area contributed by atoms with Crippen molar-refractivity contribution in [1.82, 2.24) is 4.98 Å². The maximum atomic E-state index is 10.7. The zero-order valence-electron chi connectivity index (χ0n) is 9.34. The summed E-state index contributed by atoms with van der Waals surface area (Å²) in [4.78, 5) is 14.7. The highest BCUT2D eigenvalue weighted by molar-refractivity contribution is 9.10. The first-order valence-electron chi connectivity index (χ1n) is 5.21. The van der Waals surface area contributed by atoms with Gasteiger partial charge in [0.15, 0.2) is 0 Å². The van der Waals surface area contributed by atoms with E-state index < -0.39 is 5.97 Å². The number of rotatable bonds is 4. The Labute approximate surface area is 112 Å². The molecule has 0 spiro atoms. The van der Waals surface area contributed by atoms with Crippen LogP contribution >= 0.6 is 15.9 Å². The molecule has 0 aliphatic carbocycles. The minimum absolute atomic E-state index is 0.242. The standard InChI is InChI=1S/C13H10BrNO3/c14-11-5-9(6-15-7-11)8-18-12-3-1-10(2-4-12)13(16)17/h1-7H,8H2,(H,16,17). The molecule has 0 aliphatic rings. The summed E-state index contributed by atoms with van der Waals surface area (Å²) < 4.78 is 6.42. The molecule has 2 rings (SSSR count). The zero-order chi connectivity index (χ0) is 13.0. The van der Waals surface area contributed by atoms with Gasteiger partial charge in [0, 0.05) is 22.4 Å². The van der Waals surface area contributed by atoms with Gasteiger partial charge in [0.2, 0.25) is 0 Å². The van der Waals surface area contributed by atoms with Crippen LogP contribution in [0.5, 0.6) is 5.75 Å². The van der Waals surface area contributed by atoms with Crippen molar-refractivity contribution in [3.05, 3.63) is 58.3 Å². The van der Waals surface area contributed by atoms with E-state index in [0.29, 0.717) is 12.4 Å². The third-order valence-corrected chi connectivity index (χ3v) is 2.70. The predicted molar refractivity (Wildman–Crippen MR) is 69.7 cm³/mol. The molecule has 92 valence electrons. The van der Waals surface area contributed by atoms with Gasteiger partial charge in [0.1, 0.15) is 12.4 Å². The largest absolute Gasteiger partial charge is 0.489 e. The highest BCUT2D eigenvalue weighted by Gasteiger charge is 2.02. The van der Waals surface area contributed by atoms with E-state index in [1.54, 1.807) is 24.5 Å². The number of carbonyl (C=O) groups is 1. The second-order valence-corrected chi connectivity index (χ2v) is 4.55. The van der Waals surface area contributed by atoms with Crippen molar-refractivity contribution in [2.24, 2.45) is 0 Å². The summed E-state index contributed by atoms with van der Waals surface area (Å²) in [5, 5.41) is 8.76. The van der Waals surface area contributed by atoms with Crippen LogP contribution in [0.25, 0.3) is 0 Å². The minimum Gasteiger partial charge on any atom is -0.489 e. The Kier molecular flexibility index (Phi) is 3.94. The van der Waals surface area contributed by atoms with Crippen LogP contribution in [0.15, 0.2) is 47.2 Å². The number of hydrogen-bond donors (Lipinski definition) is 1. The fraction of sp³-hybridized carbons (Fsp3) is 0.0769. The first-order chi connectivity index (χ1) is 8.65. The molecule has 0 radical (unpaired) electrons. The Morgan fingerprint density at radius 2 is 2.00 bits per heavy atom. The minimum atomic E-state index is -0.947. The maximum Gasteiger partial charge on any atom is 0.335 e. The van der Waals surface area contributed by atoms with Crippen molar-refractivity contribution in [2.45, 2.75) is 6.61 Å². The monoisotopic (exact) mass is 307 g/mol. The van der Waals surface area contributed by atoms with E-state index >= 15 is 0 Å². The summed E-state index contributed by atoms with van der Waals surface area (Å²) in [5.74, 6) is -0.322. The van der Waals surface area contributed by atoms with Gasteiger partial charge in [-0.3, -0.25) is 4.98 Å². The number of benzene rings is 1. The molecule has 1 aromatic carbocycles. The Balaban J connectivity index is 2.00. The number of carboxylic acid groups (broad SMARTS) is 1. The highest BCUT2D eigenvalue weighted by atomic mass is 79.9. The lowest BCUT2D eigenvalue weighted by Crippen LogP contribution is -1.98. The molecule has 0 atom stereocenters. The van der Waals surface area contributed by atoms with Gasteiger partial charge in [-0.25, -0.2) is 4.79 Å². The molecule has 1 heterocycles. The zero-order valence-corrected chi connectivity index (χ0v) is 10.9. The van der Waals surface area contributed by atoms with Gasteiger partial charge in [0.25, 0.3) is 0 Å². The number of aromatic carboxylic acids is 1. The van der Waals surface area contributed by atoms with Crippen LogP contribution in [-0.4, -0.2) is 16.1 Å². The van der Waals surface area contributed by atoms with Crippen LogP contribution in [0.1, 0.15) is 15.9 Å². The summed E-state index contributed by atoms with van der Waals surface area (Å²) in [6.07, 6.45) is 3.42. The van der Waals surface area contributed by atoms with Crippen molar-refractivity contribution >= 4 is 21.9 Å². The summed E-state index contributed by atoms with van der Waals surface area (Å²) in [6, 6.07) is 8.20. The molecule has 0 amide bonds. The van der Waals surface area contributed by atoms with E-state index in [2.05, 4.69) is 20.9 Å². The molecule has 5 heteroatoms. The number of carboxylic acids is 1. The molecule has 0 aliphatic heterocycles. The molecule has 2 aromatic rings. The molecular formula is C13H10BrNO3. The summed E-state index contributed by atoms with van der Waals surface area (Å²) >= 11 is 3.33. The Hall–Kier alpha value is -1.88. The summed E-state index contributed by atoms with van der Waals surface area (Å²) in [7, 11) is 0. The average Bonchev–Trinajstić information content (AvgIpc) is 2.37. The Morgan fingerprint density at radius 1 is 1.28 bits per heavy atom. The lowest BCUT2D eigenvalue weighted by Gasteiger charge is -2.06. The molecule has 1 aromatic heterocycles. The molecule has 1 N–H and O–H groups in total. The number of halogens is 1. The molecule has 18 heavy (non-hydrogen) atoms. The molecule has 4 nitrogen and oxygen atoms in total. The average molecular weight is 308 g/mol. The fourth-order valence-electron chi connectivity index (χ4n) is 1.40. The van der Waals surface area contributed by atoms with E-state index in [0.717, 1.165) is 10.0 Å². The van der Waals surface area contributed by atoms with Crippen LogP contribution < -0.4 is 4.74 Å². The number of ether oxygens (including phenoxy) is 1. The smallest absolute Gasteiger partial charge is 0.335 e. The summed E-state index contributed by atoms with van der Waals surface area (Å²) in [6.45, 7) is 0.388. The van der Waals surface area contributed by atoms with Crippen LogP contribution in [0.2, 0.25) is 0 Å². The van der Waals surface area contributed by atoms with Crippen molar-refractivity contribution < 1.29 is 14.6 Å². The van der Waals surface area contributed by atoms with E-state index in [4.69, 9.17) is 9.84 Å². The highest BCUT2D eigenvalue weighted by Crippen LogP contribution is 2.15. The third kappa shape index (κ3) is 3.30. The second-order valence-electron chi connectivity index (χ2n) is 3.63. The van der Waals surface area contributed by atoms with Gasteiger partial charge >= 0.3 is 5.97 Å². The number of nitrogens with zero attached hydrogens (tertiary/aromatic N) is 1. The Bertz CT molecular complexity index is 554. The van der Waals surface area contributed by atoms with Gasteiger partial charge in [-0.15, -0.1) is 0 Å². The Morgan fingerprint density at radius 3 is 2.61 bits per heavy atom. The van der Waals surface area contributed by atoms with Crippen LogP contribution in [-0.2, 0) is 6.61 Å². The van der Waals surface area contributed by atoms with E-state index in [1.165, 1.54) is 12.1 Å². The van der Waals surface area contributed by atoms with Crippen molar-refractivity contribution in [3.63, 3.8) is 0 Å². The lowest BCUT2D eigenvalue weighted by atomic mass is 10.2. The van der Waals surface area contributed by atoms with Crippen molar-refractivity contribution in [3.8, 4) is 5.75 Å². The van der Waals surface area contributed by atoms with Crippen LogP contribution in [0.4, 0.5) is 0 Å². The van der Waals surface area contributed by atoms with E-state index in [1.807, 2.05) is 6.07 Å². The summed E-state index contributed by atoms with van der Waals surface area (Å²) in [5.41, 5.74) is 1.18. The quantitative estimate of drug-likeness (QED) is 0.943. The predicted octanol–water partition coefficient (Wildman–Crippen LogP) is 3.12. The van der Waals surface area contributed by atoms with Gasteiger partial charge in [0.05, 0.1) is 5.56 Å². The van der Waals surface area contributed by atoms with E-state index in [9.17, 15) is 4.79 Å². The number of aromatic nitrogens is 1. The van der Waals surface area contributed by atoms with Crippen LogP contribution in [0, 0.1) is 0 Å². The molecule has 0 bridgehead atoms. The molecule has 0 fully saturated rings. The van der Waals surface area contributed by atoms with Crippen molar-refractivity contribution in [2.75, 3.05) is 0 Å². The number of hydrogen-bond acceptors (Lipinski definition) is 3. The van der Waals surface area contributed by atoms with Gasteiger partial charge in [-0.05, 0) is 46.3 Å². The maximum absolute atomic E-state index is 10.7.